The van der Waals surface area contributed by atoms with Gasteiger partial charge < -0.3 is 24.8 Å². The van der Waals surface area contributed by atoms with Crippen LogP contribution < -0.4 is 20.1 Å². The van der Waals surface area contributed by atoms with Crippen LogP contribution in [0.4, 0.5) is 4.39 Å². The number of likely N-dealkylation sites (tertiary alicyclic amines) is 1. The van der Waals surface area contributed by atoms with E-state index in [1.807, 2.05) is 4.72 Å². The molecule has 3 heterocycles. The van der Waals surface area contributed by atoms with Crippen LogP contribution in [0.3, 0.4) is 0 Å². The lowest BCUT2D eigenvalue weighted by molar-refractivity contribution is -0.140. The van der Waals surface area contributed by atoms with Crippen LogP contribution in [-0.2, 0) is 24.4 Å². The number of aryl methyl sites for hydroxylation is 1. The summed E-state index contributed by atoms with van der Waals surface area (Å²) in [4.78, 5) is 63.7. The third-order valence-electron chi connectivity index (χ3n) is 9.85. The van der Waals surface area contributed by atoms with Crippen molar-refractivity contribution >= 4 is 44.7 Å². The molecule has 3 atom stereocenters. The number of halogens is 1. The minimum atomic E-state index is -3.93. The van der Waals surface area contributed by atoms with E-state index in [1.165, 1.54) is 49.1 Å². The van der Waals surface area contributed by atoms with Crippen molar-refractivity contribution in [2.24, 2.45) is 5.92 Å². The highest BCUT2D eigenvalue weighted by atomic mass is 32.2. The topological polar surface area (TPSA) is 203 Å². The van der Waals surface area contributed by atoms with Gasteiger partial charge in [-0.3, -0.25) is 23.9 Å². The van der Waals surface area contributed by atoms with Crippen molar-refractivity contribution in [2.45, 2.75) is 101 Å². The molecule has 1 aromatic carbocycles. The van der Waals surface area contributed by atoms with Crippen LogP contribution in [0.1, 0.15) is 87.3 Å². The number of carbonyl (C=O) groups is 4. The fraction of sp³-hybridized carbons (Fsp3) is 0.528. The number of hydrogen-bond acceptors (Lipinski definition) is 11. The van der Waals surface area contributed by atoms with Gasteiger partial charge in [-0.2, -0.15) is 0 Å². The van der Waals surface area contributed by atoms with E-state index in [1.54, 1.807) is 13.0 Å². The average molecular weight is 754 g/mol. The van der Waals surface area contributed by atoms with Gasteiger partial charge in [0.15, 0.2) is 11.5 Å². The number of allylic oxidation sites excluding steroid dienone is 2. The molecule has 3 N–H and O–H groups in total. The Labute approximate surface area is 306 Å². The lowest BCUT2D eigenvalue weighted by Gasteiger charge is -2.28. The molecule has 284 valence electrons. The van der Waals surface area contributed by atoms with Crippen molar-refractivity contribution in [3.8, 4) is 5.88 Å². The number of fused-ring (bicyclic) bond motifs is 1. The van der Waals surface area contributed by atoms with Gasteiger partial charge in [-0.25, -0.2) is 22.8 Å². The van der Waals surface area contributed by atoms with Crippen molar-refractivity contribution < 1.29 is 41.2 Å². The first-order chi connectivity index (χ1) is 25.3. The first-order valence-corrected chi connectivity index (χ1v) is 19.4. The number of hydrogen-bond donors (Lipinski definition) is 3. The maximum atomic E-state index is 14.6. The number of sulfonamides is 1. The molecule has 15 nitrogen and oxygen atoms in total. The van der Waals surface area contributed by atoms with Gasteiger partial charge in [0.25, 0.3) is 11.8 Å². The number of carbonyl (C=O) groups excluding carboxylic acids is 4. The summed E-state index contributed by atoms with van der Waals surface area (Å²) in [5, 5.41) is 8.88. The van der Waals surface area contributed by atoms with Crippen LogP contribution in [0.25, 0.3) is 11.0 Å². The monoisotopic (exact) mass is 753 g/mol. The van der Waals surface area contributed by atoms with Gasteiger partial charge in [-0.15, -0.1) is 0 Å². The van der Waals surface area contributed by atoms with Gasteiger partial charge in [-0.1, -0.05) is 36.2 Å². The summed E-state index contributed by atoms with van der Waals surface area (Å²) in [7, 11) is -3.93. The fourth-order valence-corrected chi connectivity index (χ4v) is 7.44. The van der Waals surface area contributed by atoms with Crippen molar-refractivity contribution in [2.75, 3.05) is 13.1 Å². The molecule has 4 amide bonds. The maximum absolute atomic E-state index is 14.6. The van der Waals surface area contributed by atoms with Gasteiger partial charge in [0.2, 0.25) is 27.7 Å². The Morgan fingerprint density at radius 3 is 2.64 bits per heavy atom. The highest BCUT2D eigenvalue weighted by Gasteiger charge is 2.51. The molecule has 0 unspecified atom stereocenters. The Morgan fingerprint density at radius 1 is 1.13 bits per heavy atom. The zero-order valence-electron chi connectivity index (χ0n) is 29.7. The molecule has 3 fully saturated rings. The van der Waals surface area contributed by atoms with E-state index in [0.29, 0.717) is 36.4 Å². The molecule has 17 heteroatoms. The highest BCUT2D eigenvalue weighted by molar-refractivity contribution is 7.91. The van der Waals surface area contributed by atoms with E-state index in [9.17, 15) is 32.0 Å². The van der Waals surface area contributed by atoms with Crippen molar-refractivity contribution in [1.82, 2.24) is 35.4 Å². The van der Waals surface area contributed by atoms with Crippen molar-refractivity contribution in [3.05, 3.63) is 59.9 Å². The average Bonchev–Trinajstić information content (AvgIpc) is 3.98. The third kappa shape index (κ3) is 9.36. The Balaban J connectivity index is 1.18. The Bertz CT molecular complexity index is 1980. The Kier molecular flexibility index (Phi) is 11.4. The molecule has 2 aliphatic carbocycles. The largest absolute Gasteiger partial charge is 0.471 e. The molecule has 3 aliphatic rings. The number of amides is 4. The van der Waals surface area contributed by atoms with E-state index in [-0.39, 0.29) is 36.5 Å². The smallest absolute Gasteiger partial charge is 0.274 e. The quantitative estimate of drug-likeness (QED) is 0.135. The molecule has 6 rings (SSSR count). The normalized spacial score (nSPS) is 19.9. The fourth-order valence-electron chi connectivity index (χ4n) is 6.18. The summed E-state index contributed by atoms with van der Waals surface area (Å²) in [6, 6.07) is 3.51. The minimum Gasteiger partial charge on any atom is -0.471 e. The number of nitrogens with one attached hydrogen (secondary N) is 3. The maximum Gasteiger partial charge on any atom is 0.274 e. The van der Waals surface area contributed by atoms with Crippen molar-refractivity contribution in [3.63, 3.8) is 0 Å². The number of benzene rings is 1. The van der Waals surface area contributed by atoms with E-state index in [4.69, 9.17) is 9.26 Å². The van der Waals surface area contributed by atoms with Gasteiger partial charge in [0.05, 0.1) is 23.4 Å². The predicted molar refractivity (Wildman–Crippen MR) is 189 cm³/mol. The van der Waals surface area contributed by atoms with Crippen LogP contribution in [0.2, 0.25) is 0 Å². The zero-order valence-corrected chi connectivity index (χ0v) is 30.5. The van der Waals surface area contributed by atoms with Crippen LogP contribution in [0.5, 0.6) is 5.88 Å². The second-order valence-corrected chi connectivity index (χ2v) is 16.4. The van der Waals surface area contributed by atoms with Crippen LogP contribution in [-0.4, -0.2) is 88.1 Å². The molecule has 1 saturated heterocycles. The van der Waals surface area contributed by atoms with Crippen LogP contribution in [0, 0.1) is 18.7 Å². The first-order valence-electron chi connectivity index (χ1n) is 17.9. The number of ether oxygens (including phenoxy) is 1. The van der Waals surface area contributed by atoms with Gasteiger partial charge in [-0.05, 0) is 76.8 Å². The predicted octanol–water partition coefficient (Wildman–Crippen LogP) is 3.24. The van der Waals surface area contributed by atoms with E-state index in [2.05, 4.69) is 37.9 Å². The lowest BCUT2D eigenvalue weighted by atomic mass is 10.0. The highest BCUT2D eigenvalue weighted by Crippen LogP contribution is 2.42. The third-order valence-corrected chi connectivity index (χ3v) is 12.0. The molecule has 2 aromatic heterocycles. The van der Waals surface area contributed by atoms with Crippen molar-refractivity contribution in [1.29, 1.82) is 0 Å². The Morgan fingerprint density at radius 2 is 1.92 bits per heavy atom. The molecule has 53 heavy (non-hydrogen) atoms. The summed E-state index contributed by atoms with van der Waals surface area (Å²) in [6.45, 7) is 2.40. The molecule has 0 bridgehead atoms. The van der Waals surface area contributed by atoms with Gasteiger partial charge >= 0.3 is 0 Å². The molecular weight excluding hydrogens is 710 g/mol. The minimum absolute atomic E-state index is 0.00648. The summed E-state index contributed by atoms with van der Waals surface area (Å²) >= 11 is 0. The SMILES string of the molecule is Cc1nc2cccc(F)c2nc1O[C@@H]1C[C@@H](C(=O)NCC(=O)NS(=O)(=O)C2(C)CC2)N(C(=O)[C@H](CCCCCC=CC2CC2)NC(=O)c2ccon2)C1. The number of nitrogens with zero attached hydrogens (tertiary/aromatic N) is 4. The van der Waals surface area contributed by atoms with E-state index in [0.717, 1.165) is 19.3 Å². The molecule has 0 radical (unpaired) electrons. The number of para-hydroxylation sites is 1. The standard InChI is InChI=1S/C36H44FN7O8S/c1-22-34(41-31-25(37)10-8-12-26(31)39-22)52-24-19-29(33(47)38-20-30(45)43-53(49,50)36(2)16-17-36)44(21-24)35(48)28(40-32(46)27-15-18-51-42-27)11-7-5-3-4-6-9-23-13-14-23/h6,8-10,12,15,18,23-24,28-29H,3-5,7,11,13-14,16-17,19-21H2,1-2H3,(H,38,47)(H,40,46)(H,43,45)/t24-,28+,29+/m1/s1. The van der Waals surface area contributed by atoms with E-state index >= 15 is 0 Å². The second-order valence-electron chi connectivity index (χ2n) is 14.2. The molecule has 1 aliphatic heterocycles. The summed E-state index contributed by atoms with van der Waals surface area (Å²) in [5.41, 5.74) is 0.660. The summed E-state index contributed by atoms with van der Waals surface area (Å²) in [6.07, 6.45) is 11.5. The van der Waals surface area contributed by atoms with Gasteiger partial charge in [0.1, 0.15) is 35.7 Å². The lowest BCUT2D eigenvalue weighted by Crippen LogP contribution is -2.54. The number of rotatable bonds is 17. The molecule has 0 spiro atoms. The second kappa shape index (κ2) is 16.0. The summed E-state index contributed by atoms with van der Waals surface area (Å²) in [5.74, 6) is -2.75. The summed E-state index contributed by atoms with van der Waals surface area (Å²) < 4.78 is 51.7. The number of aromatic nitrogens is 3. The zero-order chi connectivity index (χ0) is 37.8. The molecule has 2 saturated carbocycles. The van der Waals surface area contributed by atoms with Crippen LogP contribution >= 0.6 is 0 Å². The molecular formula is C36H44FN7O8S. The number of unbranched alkanes of at least 4 members (excludes halogenated alkanes) is 3. The van der Waals surface area contributed by atoms with Gasteiger partial charge in [0, 0.05) is 12.5 Å². The van der Waals surface area contributed by atoms with Crippen LogP contribution in [0.15, 0.2) is 47.2 Å². The Hall–Kier alpha value is -4.93. The molecule has 3 aromatic rings. The van der Waals surface area contributed by atoms with E-state index < -0.39 is 68.9 Å². The first kappa shape index (κ1) is 37.8.